The third kappa shape index (κ3) is 3.81. The molecule has 2 rings (SSSR count). The van der Waals surface area contributed by atoms with Gasteiger partial charge in [0, 0.05) is 6.42 Å². The lowest BCUT2D eigenvalue weighted by Gasteiger charge is -2.30. The average molecular weight is 280 g/mol. The van der Waals surface area contributed by atoms with E-state index < -0.39 is 11.6 Å². The number of halogens is 2. The summed E-state index contributed by atoms with van der Waals surface area (Å²) in [5.41, 5.74) is 0.913. The Kier molecular flexibility index (Phi) is 5.16. The second kappa shape index (κ2) is 6.87. The Morgan fingerprint density at radius 1 is 1.30 bits per heavy atom. The van der Waals surface area contributed by atoms with Gasteiger partial charge in [0.15, 0.2) is 11.6 Å². The number of hydrogen-bond acceptors (Lipinski definition) is 1. The van der Waals surface area contributed by atoms with Gasteiger partial charge < -0.3 is 4.74 Å². The van der Waals surface area contributed by atoms with Crippen LogP contribution in [0, 0.1) is 17.6 Å². The molecule has 3 heteroatoms. The minimum Gasteiger partial charge on any atom is -0.499 e. The van der Waals surface area contributed by atoms with Crippen molar-refractivity contribution in [3.05, 3.63) is 47.7 Å². The van der Waals surface area contributed by atoms with Crippen molar-refractivity contribution < 1.29 is 13.5 Å². The summed E-state index contributed by atoms with van der Waals surface area (Å²) in [5, 5.41) is 0. The normalized spacial score (nSPS) is 22.6. The van der Waals surface area contributed by atoms with Crippen LogP contribution in [0.5, 0.6) is 0 Å². The predicted octanol–water partition coefficient (Wildman–Crippen LogP) is 5.18. The van der Waals surface area contributed by atoms with Gasteiger partial charge in [0.1, 0.15) is 0 Å². The minimum absolute atomic E-state index is 0.318. The Morgan fingerprint density at radius 3 is 2.80 bits per heavy atom. The first kappa shape index (κ1) is 15.0. The second-order valence-electron chi connectivity index (χ2n) is 5.58. The molecule has 1 aromatic carbocycles. The van der Waals surface area contributed by atoms with E-state index in [0.717, 1.165) is 43.4 Å². The van der Waals surface area contributed by atoms with Gasteiger partial charge in [-0.15, -0.1) is 0 Å². The summed E-state index contributed by atoms with van der Waals surface area (Å²) in [4.78, 5) is 0. The molecule has 0 N–H and O–H groups in total. The molecule has 1 saturated carbocycles. The van der Waals surface area contributed by atoms with E-state index in [2.05, 4.69) is 6.58 Å². The second-order valence-corrected chi connectivity index (χ2v) is 5.58. The number of hydrogen-bond donors (Lipinski definition) is 0. The molecule has 0 heterocycles. The van der Waals surface area contributed by atoms with Gasteiger partial charge in [0.2, 0.25) is 0 Å². The molecule has 1 aliphatic rings. The summed E-state index contributed by atoms with van der Waals surface area (Å²) in [6.07, 6.45) is 5.19. The van der Waals surface area contributed by atoms with E-state index in [0.29, 0.717) is 18.4 Å². The maximum Gasteiger partial charge on any atom is 0.159 e. The van der Waals surface area contributed by atoms with Crippen LogP contribution in [0.1, 0.15) is 50.5 Å². The molecule has 0 aromatic heterocycles. The molecular weight excluding hydrogens is 258 g/mol. The van der Waals surface area contributed by atoms with Gasteiger partial charge in [-0.2, -0.15) is 0 Å². The molecule has 0 spiro atoms. The Bertz CT molecular complexity index is 470. The maximum absolute atomic E-state index is 13.3. The molecule has 0 radical (unpaired) electrons. The fourth-order valence-electron chi connectivity index (χ4n) is 3.13. The highest BCUT2D eigenvalue weighted by molar-refractivity contribution is 5.22. The van der Waals surface area contributed by atoms with Crippen LogP contribution in [-0.2, 0) is 4.74 Å². The van der Waals surface area contributed by atoms with Gasteiger partial charge in [-0.25, -0.2) is 8.78 Å². The van der Waals surface area contributed by atoms with Crippen molar-refractivity contribution in [2.75, 3.05) is 6.61 Å². The average Bonchev–Trinajstić information content (AvgIpc) is 2.42. The molecule has 2 unspecified atom stereocenters. The molecule has 20 heavy (non-hydrogen) atoms. The Balaban J connectivity index is 1.99. The van der Waals surface area contributed by atoms with Crippen LogP contribution < -0.4 is 0 Å². The molecule has 1 fully saturated rings. The fourth-order valence-corrected chi connectivity index (χ4v) is 3.13. The lowest BCUT2D eigenvalue weighted by molar-refractivity contribution is 0.194. The first-order chi connectivity index (χ1) is 9.60. The molecule has 1 aromatic rings. The van der Waals surface area contributed by atoms with Crippen molar-refractivity contribution in [2.24, 2.45) is 5.92 Å². The van der Waals surface area contributed by atoms with Crippen molar-refractivity contribution in [1.29, 1.82) is 0 Å². The van der Waals surface area contributed by atoms with E-state index in [1.807, 2.05) is 6.92 Å². The zero-order chi connectivity index (χ0) is 14.5. The zero-order valence-corrected chi connectivity index (χ0v) is 12.0. The van der Waals surface area contributed by atoms with Gasteiger partial charge in [0.05, 0.1) is 12.4 Å². The molecule has 0 aliphatic heterocycles. The highest BCUT2D eigenvalue weighted by Crippen LogP contribution is 2.38. The molecule has 1 aliphatic carbocycles. The Hall–Kier alpha value is -1.38. The number of rotatable bonds is 5. The summed E-state index contributed by atoms with van der Waals surface area (Å²) in [5.74, 6) is 0.164. The van der Waals surface area contributed by atoms with Gasteiger partial charge in [0.25, 0.3) is 0 Å². The van der Waals surface area contributed by atoms with Crippen molar-refractivity contribution in [3.8, 4) is 0 Å². The Labute approximate surface area is 119 Å². The van der Waals surface area contributed by atoms with Crippen LogP contribution in [-0.4, -0.2) is 6.61 Å². The van der Waals surface area contributed by atoms with Crippen molar-refractivity contribution in [2.45, 2.75) is 44.9 Å². The first-order valence-electron chi connectivity index (χ1n) is 7.35. The highest BCUT2D eigenvalue weighted by atomic mass is 19.2. The van der Waals surface area contributed by atoms with Crippen molar-refractivity contribution in [3.63, 3.8) is 0 Å². The molecule has 110 valence electrons. The molecule has 0 amide bonds. The van der Waals surface area contributed by atoms with Crippen molar-refractivity contribution in [1.82, 2.24) is 0 Å². The van der Waals surface area contributed by atoms with Gasteiger partial charge in [-0.05, 0) is 55.7 Å². The van der Waals surface area contributed by atoms with Crippen LogP contribution >= 0.6 is 0 Å². The maximum atomic E-state index is 13.3. The lowest BCUT2D eigenvalue weighted by Crippen LogP contribution is -2.15. The summed E-state index contributed by atoms with van der Waals surface area (Å²) >= 11 is 0. The first-order valence-corrected chi connectivity index (χ1v) is 7.35. The van der Waals surface area contributed by atoms with E-state index in [9.17, 15) is 8.78 Å². The van der Waals surface area contributed by atoms with E-state index in [1.165, 1.54) is 12.1 Å². The summed E-state index contributed by atoms with van der Waals surface area (Å²) in [7, 11) is 0. The van der Waals surface area contributed by atoms with Gasteiger partial charge in [-0.1, -0.05) is 19.1 Å². The third-order valence-corrected chi connectivity index (χ3v) is 4.06. The summed E-state index contributed by atoms with van der Waals surface area (Å²) in [6, 6.07) is 4.29. The number of ether oxygens (including phenoxy) is 1. The standard InChI is InChI=1S/C17H22F2O/c1-3-20-12(2)9-13-5-4-6-14(10-13)15-7-8-16(18)17(19)11-15/h7-8,11,13-14H,2-6,9-10H2,1H3. The van der Waals surface area contributed by atoms with E-state index in [-0.39, 0.29) is 0 Å². The molecular formula is C17H22F2O. The number of allylic oxidation sites excluding steroid dienone is 1. The third-order valence-electron chi connectivity index (χ3n) is 4.06. The van der Waals surface area contributed by atoms with Gasteiger partial charge in [-0.3, -0.25) is 0 Å². The van der Waals surface area contributed by atoms with Crippen molar-refractivity contribution >= 4 is 0 Å². The SMILES string of the molecule is C=C(CC1CCCC(c2ccc(F)c(F)c2)C1)OCC. The van der Waals surface area contributed by atoms with E-state index >= 15 is 0 Å². The molecule has 0 saturated heterocycles. The summed E-state index contributed by atoms with van der Waals surface area (Å²) < 4.78 is 31.7. The molecule has 0 bridgehead atoms. The van der Waals surface area contributed by atoms with E-state index in [4.69, 9.17) is 4.74 Å². The van der Waals surface area contributed by atoms with Crippen LogP contribution in [0.4, 0.5) is 8.78 Å². The zero-order valence-electron chi connectivity index (χ0n) is 12.0. The molecule has 2 atom stereocenters. The minimum atomic E-state index is -0.772. The van der Waals surface area contributed by atoms with Crippen LogP contribution in [0.3, 0.4) is 0 Å². The fraction of sp³-hybridized carbons (Fsp3) is 0.529. The highest BCUT2D eigenvalue weighted by Gasteiger charge is 2.24. The summed E-state index contributed by atoms with van der Waals surface area (Å²) in [6.45, 7) is 6.54. The largest absolute Gasteiger partial charge is 0.499 e. The van der Waals surface area contributed by atoms with Crippen LogP contribution in [0.2, 0.25) is 0 Å². The number of benzene rings is 1. The lowest BCUT2D eigenvalue weighted by atomic mass is 9.76. The Morgan fingerprint density at radius 2 is 2.10 bits per heavy atom. The van der Waals surface area contributed by atoms with E-state index in [1.54, 1.807) is 6.07 Å². The smallest absolute Gasteiger partial charge is 0.159 e. The topological polar surface area (TPSA) is 9.23 Å². The van der Waals surface area contributed by atoms with Gasteiger partial charge >= 0.3 is 0 Å². The molecule has 1 nitrogen and oxygen atoms in total. The van der Waals surface area contributed by atoms with Crippen LogP contribution in [0.25, 0.3) is 0 Å². The monoisotopic (exact) mass is 280 g/mol. The predicted molar refractivity (Wildman–Crippen MR) is 76.4 cm³/mol. The van der Waals surface area contributed by atoms with Crippen LogP contribution in [0.15, 0.2) is 30.5 Å². The quantitative estimate of drug-likeness (QED) is 0.675.